The average Bonchev–Trinajstić information content (AvgIpc) is 3.65. The number of carbonyl (C=O) groups is 4. The molecule has 1 fully saturated rings. The lowest BCUT2D eigenvalue weighted by Gasteiger charge is -2.31. The number of nitrogens with one attached hydrogen (secondary N) is 2. The van der Waals surface area contributed by atoms with E-state index in [-0.39, 0.29) is 11.7 Å². The van der Waals surface area contributed by atoms with Gasteiger partial charge >= 0.3 is 6.09 Å². The number of hydrogen-bond donors (Lipinski definition) is 3. The highest BCUT2D eigenvalue weighted by Crippen LogP contribution is 2.31. The molecule has 3 N–H and O–H groups in total. The molecule has 2 heterocycles. The summed E-state index contributed by atoms with van der Waals surface area (Å²) in [5.74, 6) is -1.48. The smallest absolute Gasteiger partial charge is 0.410 e. The van der Waals surface area contributed by atoms with E-state index in [9.17, 15) is 24.3 Å². The van der Waals surface area contributed by atoms with Gasteiger partial charge in [-0.05, 0) is 58.2 Å². The summed E-state index contributed by atoms with van der Waals surface area (Å²) in [5.41, 5.74) is 0.986. The Kier molecular flexibility index (Phi) is 9.64. The Morgan fingerprint density at radius 2 is 1.77 bits per heavy atom. The molecule has 13 heteroatoms. The number of likely N-dealkylation sites (N-methyl/N-ethyl adjacent to an activating group) is 1. The first kappa shape index (κ1) is 31.4. The summed E-state index contributed by atoms with van der Waals surface area (Å²) in [7, 11) is 1.44. The monoisotopic (exact) mass is 608 g/mol. The molecule has 4 rings (SSSR count). The van der Waals surface area contributed by atoms with E-state index in [1.807, 2.05) is 30.3 Å². The summed E-state index contributed by atoms with van der Waals surface area (Å²) >= 11 is 1.05. The van der Waals surface area contributed by atoms with Gasteiger partial charge in [0.2, 0.25) is 17.7 Å². The number of anilines is 1. The summed E-state index contributed by atoms with van der Waals surface area (Å²) in [6.07, 6.45) is 0.328. The second-order valence-electron chi connectivity index (χ2n) is 11.3. The molecule has 0 unspecified atom stereocenters. The van der Waals surface area contributed by atoms with Crippen molar-refractivity contribution in [3.05, 3.63) is 60.2 Å². The lowest BCUT2D eigenvalue weighted by atomic mass is 10.0. The first-order chi connectivity index (χ1) is 20.4. The highest BCUT2D eigenvalue weighted by Gasteiger charge is 2.39. The number of hydrogen-bond acceptors (Lipinski definition) is 9. The van der Waals surface area contributed by atoms with Crippen molar-refractivity contribution in [2.45, 2.75) is 64.3 Å². The average molecular weight is 609 g/mol. The second kappa shape index (κ2) is 13.2. The topological polar surface area (TPSA) is 154 Å². The minimum atomic E-state index is -1.18. The Balaban J connectivity index is 1.53. The first-order valence-corrected chi connectivity index (χ1v) is 14.7. The number of likely N-dealkylation sites (tertiary alicyclic amines) is 1. The third-order valence-corrected chi connectivity index (χ3v) is 7.65. The Morgan fingerprint density at radius 1 is 1.09 bits per heavy atom. The molecule has 43 heavy (non-hydrogen) atoms. The van der Waals surface area contributed by atoms with Crippen molar-refractivity contribution >= 4 is 40.3 Å². The number of ether oxygens (including phenoxy) is 1. The SMILES string of the molecule is C[C@@H](C(=O)N[C@H](C(=O)N1CCC[C@H]1C(=O)Nc1snnc1-c1ccccc1)c1ccc(O)cc1)N(C)C(=O)OC(C)(C)C. The fourth-order valence-electron chi connectivity index (χ4n) is 4.61. The summed E-state index contributed by atoms with van der Waals surface area (Å²) in [6.45, 7) is 7.00. The van der Waals surface area contributed by atoms with Crippen molar-refractivity contribution in [3.8, 4) is 17.0 Å². The molecule has 0 spiro atoms. The van der Waals surface area contributed by atoms with Crippen LogP contribution in [0.4, 0.5) is 9.80 Å². The number of rotatable bonds is 8. The molecule has 2 aromatic carbocycles. The van der Waals surface area contributed by atoms with Crippen LogP contribution in [0.15, 0.2) is 54.6 Å². The normalized spacial score (nSPS) is 16.2. The Bertz CT molecular complexity index is 1460. The minimum absolute atomic E-state index is 0.00915. The zero-order valence-electron chi connectivity index (χ0n) is 24.7. The molecule has 228 valence electrons. The van der Waals surface area contributed by atoms with Gasteiger partial charge in [-0.25, -0.2) is 4.79 Å². The summed E-state index contributed by atoms with van der Waals surface area (Å²) < 4.78 is 9.37. The third kappa shape index (κ3) is 7.66. The van der Waals surface area contributed by atoms with E-state index in [2.05, 4.69) is 20.2 Å². The molecule has 4 amide bonds. The predicted octanol–water partition coefficient (Wildman–Crippen LogP) is 3.95. The number of carbonyl (C=O) groups excluding carboxylic acids is 4. The van der Waals surface area contributed by atoms with Gasteiger partial charge in [0.1, 0.15) is 40.2 Å². The molecule has 12 nitrogen and oxygen atoms in total. The molecule has 0 aliphatic carbocycles. The molecule has 0 bridgehead atoms. The van der Waals surface area contributed by atoms with Crippen molar-refractivity contribution in [1.29, 1.82) is 0 Å². The molecule has 0 radical (unpaired) electrons. The van der Waals surface area contributed by atoms with Crippen molar-refractivity contribution in [1.82, 2.24) is 24.7 Å². The van der Waals surface area contributed by atoms with Gasteiger partial charge < -0.3 is 25.4 Å². The van der Waals surface area contributed by atoms with Gasteiger partial charge in [0.25, 0.3) is 0 Å². The van der Waals surface area contributed by atoms with E-state index in [0.29, 0.717) is 35.6 Å². The fourth-order valence-corrected chi connectivity index (χ4v) is 5.20. The highest BCUT2D eigenvalue weighted by molar-refractivity contribution is 7.10. The van der Waals surface area contributed by atoms with Crippen LogP contribution in [0.5, 0.6) is 5.75 Å². The van der Waals surface area contributed by atoms with E-state index in [0.717, 1.165) is 22.0 Å². The molecule has 3 aromatic rings. The lowest BCUT2D eigenvalue weighted by molar-refractivity contribution is -0.141. The molecular formula is C30H36N6O6S. The highest BCUT2D eigenvalue weighted by atomic mass is 32.1. The third-order valence-electron chi connectivity index (χ3n) is 7.01. The molecule has 0 saturated carbocycles. The standard InChI is InChI=1S/C30H36N6O6S/c1-18(35(5)29(41)42-30(2,3)4)25(38)31-24(20-13-15-21(37)16-14-20)28(40)36-17-9-12-22(36)26(39)32-27-23(33-34-43-27)19-10-7-6-8-11-19/h6-8,10-11,13-16,18,22,24,37H,9,12,17H2,1-5H3,(H,31,38)(H,32,39)/t18-,22-,24-/m0/s1. The number of phenolic OH excluding ortho intramolecular Hbond substituents is 1. The van der Waals surface area contributed by atoms with Gasteiger partial charge in [0.05, 0.1) is 0 Å². The lowest BCUT2D eigenvalue weighted by Crippen LogP contribution is -2.52. The van der Waals surface area contributed by atoms with E-state index < -0.39 is 41.6 Å². The molecule has 1 aliphatic heterocycles. The van der Waals surface area contributed by atoms with Crippen LogP contribution in [0.25, 0.3) is 11.3 Å². The molecule has 1 aromatic heterocycles. The van der Waals surface area contributed by atoms with Crippen LogP contribution in [0.3, 0.4) is 0 Å². The molecule has 3 atom stereocenters. The quantitative estimate of drug-likeness (QED) is 0.347. The van der Waals surface area contributed by atoms with Crippen molar-refractivity contribution < 1.29 is 29.0 Å². The van der Waals surface area contributed by atoms with Gasteiger partial charge in [-0.15, -0.1) is 5.10 Å². The summed E-state index contributed by atoms with van der Waals surface area (Å²) in [6, 6.07) is 12.3. The van der Waals surface area contributed by atoms with Crippen molar-refractivity contribution in [3.63, 3.8) is 0 Å². The van der Waals surface area contributed by atoms with Crippen molar-refractivity contribution in [2.24, 2.45) is 0 Å². The number of benzene rings is 2. The zero-order chi connectivity index (χ0) is 31.3. The zero-order valence-corrected chi connectivity index (χ0v) is 25.6. The number of aromatic nitrogens is 2. The largest absolute Gasteiger partial charge is 0.508 e. The predicted molar refractivity (Wildman–Crippen MR) is 161 cm³/mol. The fraction of sp³-hybridized carbons (Fsp3) is 0.400. The van der Waals surface area contributed by atoms with Crippen LogP contribution in [-0.4, -0.2) is 79.6 Å². The van der Waals surface area contributed by atoms with Crippen LogP contribution in [0.1, 0.15) is 52.1 Å². The maximum atomic E-state index is 14.0. The Hall–Kier alpha value is -4.52. The van der Waals surface area contributed by atoms with E-state index in [1.165, 1.54) is 43.1 Å². The molecule has 1 aliphatic rings. The summed E-state index contributed by atoms with van der Waals surface area (Å²) in [4.78, 5) is 56.0. The number of aromatic hydroxyl groups is 1. The van der Waals surface area contributed by atoms with Gasteiger partial charge in [-0.3, -0.25) is 19.3 Å². The van der Waals surface area contributed by atoms with Crippen molar-refractivity contribution in [2.75, 3.05) is 18.9 Å². The van der Waals surface area contributed by atoms with Crippen LogP contribution in [0.2, 0.25) is 0 Å². The first-order valence-electron chi connectivity index (χ1n) is 13.9. The van der Waals surface area contributed by atoms with Gasteiger partial charge in [-0.2, -0.15) is 0 Å². The molecular weight excluding hydrogens is 572 g/mol. The molecule has 1 saturated heterocycles. The van der Waals surface area contributed by atoms with Gasteiger partial charge in [0.15, 0.2) is 0 Å². The van der Waals surface area contributed by atoms with Crippen LogP contribution >= 0.6 is 11.5 Å². The maximum Gasteiger partial charge on any atom is 0.410 e. The number of nitrogens with zero attached hydrogens (tertiary/aromatic N) is 4. The van der Waals surface area contributed by atoms with E-state index in [4.69, 9.17) is 4.74 Å². The summed E-state index contributed by atoms with van der Waals surface area (Å²) in [5, 5.41) is 20.1. The number of amides is 4. The Morgan fingerprint density at radius 3 is 2.42 bits per heavy atom. The maximum absolute atomic E-state index is 14.0. The van der Waals surface area contributed by atoms with Crippen LogP contribution in [-0.2, 0) is 19.1 Å². The van der Waals surface area contributed by atoms with E-state index >= 15 is 0 Å². The minimum Gasteiger partial charge on any atom is -0.508 e. The van der Waals surface area contributed by atoms with Crippen LogP contribution in [0, 0.1) is 0 Å². The van der Waals surface area contributed by atoms with Crippen LogP contribution < -0.4 is 10.6 Å². The van der Waals surface area contributed by atoms with E-state index in [1.54, 1.807) is 20.8 Å². The second-order valence-corrected chi connectivity index (χ2v) is 12.1. The Labute approximate surface area is 254 Å². The van der Waals surface area contributed by atoms with Gasteiger partial charge in [0, 0.05) is 30.7 Å². The van der Waals surface area contributed by atoms with Gasteiger partial charge in [-0.1, -0.05) is 47.0 Å². The number of phenols is 1.